The van der Waals surface area contributed by atoms with Crippen molar-refractivity contribution < 1.29 is 0 Å². The Bertz CT molecular complexity index is 633. The van der Waals surface area contributed by atoms with Gasteiger partial charge < -0.3 is 9.80 Å². The fourth-order valence-corrected chi connectivity index (χ4v) is 4.00. The number of hydrogen-bond donors (Lipinski definition) is 0. The number of anilines is 2. The molecule has 1 unspecified atom stereocenters. The second kappa shape index (κ2) is 6.49. The molecule has 2 aromatic carbocycles. The molecule has 0 aliphatic rings. The van der Waals surface area contributed by atoms with Crippen LogP contribution in [0.4, 0.5) is 11.4 Å². The summed E-state index contributed by atoms with van der Waals surface area (Å²) >= 11 is 0. The summed E-state index contributed by atoms with van der Waals surface area (Å²) in [6.07, 6.45) is 0. The third-order valence-electron chi connectivity index (χ3n) is 3.82. The van der Waals surface area contributed by atoms with Crippen LogP contribution in [0.15, 0.2) is 36.4 Å². The summed E-state index contributed by atoms with van der Waals surface area (Å²) in [7, 11) is 9.14. The lowest BCUT2D eigenvalue weighted by Gasteiger charge is -2.25. The molecule has 0 spiro atoms. The SMILES string of the molecule is Cc1cccc(Pc2cccc(N(C)C)c2N(C)C)c1C. The molecule has 0 radical (unpaired) electrons. The zero-order valence-electron chi connectivity index (χ0n) is 13.9. The molecule has 2 nitrogen and oxygen atoms in total. The Balaban J connectivity index is 2.49. The van der Waals surface area contributed by atoms with Crippen LogP contribution in [0.25, 0.3) is 0 Å². The van der Waals surface area contributed by atoms with Gasteiger partial charge in [0, 0.05) is 33.5 Å². The Labute approximate surface area is 130 Å². The summed E-state index contributed by atoms with van der Waals surface area (Å²) in [5.41, 5.74) is 5.38. The second-order valence-electron chi connectivity index (χ2n) is 5.83. The maximum Gasteiger partial charge on any atom is 0.0677 e. The minimum absolute atomic E-state index is 0.684. The normalized spacial score (nSPS) is 11.1. The van der Waals surface area contributed by atoms with E-state index >= 15 is 0 Å². The summed E-state index contributed by atoms with van der Waals surface area (Å²) in [5.74, 6) is 0. The fourth-order valence-electron chi connectivity index (χ4n) is 2.49. The molecule has 0 saturated heterocycles. The predicted molar refractivity (Wildman–Crippen MR) is 98.6 cm³/mol. The molecule has 0 saturated carbocycles. The second-order valence-corrected chi connectivity index (χ2v) is 7.16. The molecular weight excluding hydrogens is 275 g/mol. The van der Waals surface area contributed by atoms with E-state index < -0.39 is 0 Å². The third-order valence-corrected chi connectivity index (χ3v) is 5.30. The van der Waals surface area contributed by atoms with Crippen LogP contribution >= 0.6 is 8.58 Å². The molecule has 2 rings (SSSR count). The molecule has 0 fully saturated rings. The summed E-state index contributed by atoms with van der Waals surface area (Å²) < 4.78 is 0. The Morgan fingerprint density at radius 2 is 1.38 bits per heavy atom. The average Bonchev–Trinajstić information content (AvgIpc) is 2.43. The van der Waals surface area contributed by atoms with Crippen molar-refractivity contribution in [3.63, 3.8) is 0 Å². The van der Waals surface area contributed by atoms with E-state index in [1.807, 2.05) is 0 Å². The largest absolute Gasteiger partial charge is 0.376 e. The van der Waals surface area contributed by atoms with Crippen LogP contribution in [0, 0.1) is 13.8 Å². The zero-order chi connectivity index (χ0) is 15.6. The minimum atomic E-state index is 0.684. The average molecular weight is 300 g/mol. The number of para-hydroxylation sites is 1. The van der Waals surface area contributed by atoms with Crippen molar-refractivity contribution in [3.05, 3.63) is 47.5 Å². The Kier molecular flexibility index (Phi) is 4.90. The Morgan fingerprint density at radius 1 is 0.762 bits per heavy atom. The lowest BCUT2D eigenvalue weighted by atomic mass is 10.1. The van der Waals surface area contributed by atoms with Gasteiger partial charge in [-0.2, -0.15) is 0 Å². The highest BCUT2D eigenvalue weighted by molar-refractivity contribution is 7.56. The van der Waals surface area contributed by atoms with Gasteiger partial charge in [0.1, 0.15) is 0 Å². The van der Waals surface area contributed by atoms with E-state index in [9.17, 15) is 0 Å². The van der Waals surface area contributed by atoms with Crippen LogP contribution in [0.5, 0.6) is 0 Å². The van der Waals surface area contributed by atoms with Crippen LogP contribution in [0.3, 0.4) is 0 Å². The first kappa shape index (κ1) is 15.9. The van der Waals surface area contributed by atoms with Crippen molar-refractivity contribution in [2.75, 3.05) is 38.0 Å². The van der Waals surface area contributed by atoms with Crippen molar-refractivity contribution in [2.24, 2.45) is 0 Å². The highest BCUT2D eigenvalue weighted by atomic mass is 31.1. The van der Waals surface area contributed by atoms with Gasteiger partial charge in [-0.15, -0.1) is 0 Å². The predicted octanol–water partition coefficient (Wildman–Crippen LogP) is 3.06. The smallest absolute Gasteiger partial charge is 0.0677 e. The quantitative estimate of drug-likeness (QED) is 0.801. The van der Waals surface area contributed by atoms with E-state index in [-0.39, 0.29) is 0 Å². The Morgan fingerprint density at radius 3 is 2.00 bits per heavy atom. The molecule has 2 aromatic rings. The monoisotopic (exact) mass is 300 g/mol. The zero-order valence-corrected chi connectivity index (χ0v) is 14.9. The summed E-state index contributed by atoms with van der Waals surface area (Å²) in [6, 6.07) is 13.2. The van der Waals surface area contributed by atoms with Gasteiger partial charge in [0.15, 0.2) is 0 Å². The molecule has 21 heavy (non-hydrogen) atoms. The lowest BCUT2D eigenvalue weighted by Crippen LogP contribution is -2.23. The maximum atomic E-state index is 2.25. The van der Waals surface area contributed by atoms with E-state index in [0.29, 0.717) is 8.58 Å². The molecular formula is C18H25N2P. The number of aryl methyl sites for hydroxylation is 1. The van der Waals surface area contributed by atoms with E-state index in [2.05, 4.69) is 88.2 Å². The molecule has 1 atom stereocenters. The molecule has 0 N–H and O–H groups in total. The Hall–Kier alpha value is -1.53. The van der Waals surface area contributed by atoms with Gasteiger partial charge in [0.2, 0.25) is 0 Å². The van der Waals surface area contributed by atoms with E-state index in [1.54, 1.807) is 0 Å². The summed E-state index contributed by atoms with van der Waals surface area (Å²) in [6.45, 7) is 4.41. The molecule has 0 heterocycles. The molecule has 0 bridgehead atoms. The van der Waals surface area contributed by atoms with Gasteiger partial charge >= 0.3 is 0 Å². The standard InChI is InChI=1S/C18H25N2P/c1-13-9-7-11-16(14(13)2)21-17-12-8-10-15(19(3)4)18(17)20(5)6/h7-12,21H,1-6H3. The highest BCUT2D eigenvalue weighted by Crippen LogP contribution is 2.30. The van der Waals surface area contributed by atoms with Crippen molar-refractivity contribution in [1.29, 1.82) is 0 Å². The van der Waals surface area contributed by atoms with Gasteiger partial charge in [0.25, 0.3) is 0 Å². The topological polar surface area (TPSA) is 6.48 Å². The van der Waals surface area contributed by atoms with Gasteiger partial charge in [-0.25, -0.2) is 0 Å². The van der Waals surface area contributed by atoms with E-state index in [1.165, 1.54) is 33.1 Å². The molecule has 0 amide bonds. The number of benzene rings is 2. The van der Waals surface area contributed by atoms with Gasteiger partial charge in [0.05, 0.1) is 11.4 Å². The lowest BCUT2D eigenvalue weighted by molar-refractivity contribution is 1.08. The van der Waals surface area contributed by atoms with Crippen molar-refractivity contribution in [2.45, 2.75) is 13.8 Å². The van der Waals surface area contributed by atoms with Crippen molar-refractivity contribution in [1.82, 2.24) is 0 Å². The molecule has 112 valence electrons. The van der Waals surface area contributed by atoms with Gasteiger partial charge in [-0.1, -0.05) is 38.9 Å². The maximum absolute atomic E-state index is 2.25. The van der Waals surface area contributed by atoms with Gasteiger partial charge in [-0.3, -0.25) is 0 Å². The van der Waals surface area contributed by atoms with Crippen LogP contribution in [-0.4, -0.2) is 28.2 Å². The van der Waals surface area contributed by atoms with E-state index in [4.69, 9.17) is 0 Å². The fraction of sp³-hybridized carbons (Fsp3) is 0.333. The van der Waals surface area contributed by atoms with Crippen molar-refractivity contribution in [3.8, 4) is 0 Å². The molecule has 0 aliphatic heterocycles. The molecule has 0 aromatic heterocycles. The van der Waals surface area contributed by atoms with Crippen LogP contribution in [-0.2, 0) is 0 Å². The van der Waals surface area contributed by atoms with Crippen LogP contribution in [0.2, 0.25) is 0 Å². The van der Waals surface area contributed by atoms with Gasteiger partial charge in [-0.05, 0) is 36.3 Å². The number of nitrogens with zero attached hydrogens (tertiary/aromatic N) is 2. The third kappa shape index (κ3) is 3.39. The summed E-state index contributed by atoms with van der Waals surface area (Å²) in [5, 5.41) is 2.84. The summed E-state index contributed by atoms with van der Waals surface area (Å²) in [4.78, 5) is 4.41. The minimum Gasteiger partial charge on any atom is -0.376 e. The first-order chi connectivity index (χ1) is 9.91. The first-order valence-corrected chi connectivity index (χ1v) is 8.22. The van der Waals surface area contributed by atoms with Crippen molar-refractivity contribution >= 4 is 30.6 Å². The number of hydrogen-bond acceptors (Lipinski definition) is 2. The number of rotatable bonds is 4. The highest BCUT2D eigenvalue weighted by Gasteiger charge is 2.13. The molecule has 0 aliphatic carbocycles. The van der Waals surface area contributed by atoms with Crippen LogP contribution < -0.4 is 20.4 Å². The van der Waals surface area contributed by atoms with E-state index in [0.717, 1.165) is 0 Å². The first-order valence-electron chi connectivity index (χ1n) is 7.22. The molecule has 3 heteroatoms. The van der Waals surface area contributed by atoms with Crippen LogP contribution in [0.1, 0.15) is 11.1 Å².